The Labute approximate surface area is 144 Å². The van der Waals surface area contributed by atoms with Crippen LogP contribution in [0.2, 0.25) is 0 Å². The van der Waals surface area contributed by atoms with Crippen molar-refractivity contribution in [3.8, 4) is 0 Å². The van der Waals surface area contributed by atoms with Gasteiger partial charge in [-0.05, 0) is 18.6 Å². The lowest BCUT2D eigenvalue weighted by atomic mass is 10.1. The van der Waals surface area contributed by atoms with Crippen molar-refractivity contribution in [2.75, 3.05) is 26.9 Å². The molecule has 1 rings (SSSR count). The third-order valence-corrected chi connectivity index (χ3v) is 3.62. The Balaban J connectivity index is 2.45. The molecule has 0 saturated heterocycles. The van der Waals surface area contributed by atoms with Gasteiger partial charge >= 0.3 is 11.9 Å². The molecule has 0 radical (unpaired) electrons. The van der Waals surface area contributed by atoms with Crippen molar-refractivity contribution in [2.24, 2.45) is 0 Å². The highest BCUT2D eigenvalue weighted by molar-refractivity contribution is 6.03. The zero-order valence-corrected chi connectivity index (χ0v) is 14.7. The molecule has 134 valence electrons. The van der Waals surface area contributed by atoms with Crippen LogP contribution in [0.5, 0.6) is 0 Å². The van der Waals surface area contributed by atoms with E-state index in [9.17, 15) is 9.59 Å². The predicted molar refractivity (Wildman–Crippen MR) is 92.3 cm³/mol. The topological polar surface area (TPSA) is 61.8 Å². The van der Waals surface area contributed by atoms with Gasteiger partial charge in [-0.15, -0.1) is 0 Å². The highest BCUT2D eigenvalue weighted by Gasteiger charge is 2.18. The summed E-state index contributed by atoms with van der Waals surface area (Å²) in [6.45, 7) is 3.02. The molecular weight excluding hydrogens is 308 g/mol. The fourth-order valence-electron chi connectivity index (χ4n) is 2.26. The van der Waals surface area contributed by atoms with Crippen molar-refractivity contribution < 1.29 is 23.8 Å². The maximum Gasteiger partial charge on any atom is 0.339 e. The molecule has 24 heavy (non-hydrogen) atoms. The summed E-state index contributed by atoms with van der Waals surface area (Å²) in [5.74, 6) is -1.03. The van der Waals surface area contributed by atoms with E-state index in [1.807, 2.05) is 0 Å². The molecule has 0 aliphatic heterocycles. The van der Waals surface area contributed by atoms with E-state index in [4.69, 9.17) is 14.2 Å². The van der Waals surface area contributed by atoms with Gasteiger partial charge in [-0.2, -0.15) is 0 Å². The third kappa shape index (κ3) is 7.59. The summed E-state index contributed by atoms with van der Waals surface area (Å²) < 4.78 is 15.2. The molecular formula is C19H28O5. The van der Waals surface area contributed by atoms with Gasteiger partial charge in [0.25, 0.3) is 0 Å². The van der Waals surface area contributed by atoms with E-state index in [0.717, 1.165) is 19.3 Å². The van der Waals surface area contributed by atoms with Crippen LogP contribution >= 0.6 is 0 Å². The van der Waals surface area contributed by atoms with Gasteiger partial charge in [-0.25, -0.2) is 9.59 Å². The Morgan fingerprint density at radius 1 is 0.792 bits per heavy atom. The molecule has 0 atom stereocenters. The van der Waals surface area contributed by atoms with Gasteiger partial charge in [0.15, 0.2) is 0 Å². The van der Waals surface area contributed by atoms with Crippen LogP contribution in [0.3, 0.4) is 0 Å². The summed E-state index contributed by atoms with van der Waals surface area (Å²) in [6.07, 6.45) is 6.74. The lowest BCUT2D eigenvalue weighted by Gasteiger charge is -2.09. The molecule has 0 unspecified atom stereocenters. The number of carbonyl (C=O) groups is 2. The number of esters is 2. The molecule has 1 aromatic rings. The van der Waals surface area contributed by atoms with Crippen molar-refractivity contribution in [1.29, 1.82) is 0 Å². The molecule has 0 saturated carbocycles. The number of carbonyl (C=O) groups excluding carboxylic acids is 2. The first-order valence-electron chi connectivity index (χ1n) is 8.63. The first-order chi connectivity index (χ1) is 11.7. The molecule has 1 aromatic carbocycles. The van der Waals surface area contributed by atoms with Crippen LogP contribution in [-0.2, 0) is 14.2 Å². The molecule has 5 heteroatoms. The lowest BCUT2D eigenvalue weighted by Crippen LogP contribution is -2.16. The lowest BCUT2D eigenvalue weighted by molar-refractivity contribution is 0.0372. The summed E-state index contributed by atoms with van der Waals surface area (Å²) in [7, 11) is 1.53. The van der Waals surface area contributed by atoms with E-state index < -0.39 is 11.9 Å². The summed E-state index contributed by atoms with van der Waals surface area (Å²) >= 11 is 0. The fraction of sp³-hybridized carbons (Fsp3) is 0.579. The summed E-state index contributed by atoms with van der Waals surface area (Å²) in [6, 6.07) is 6.54. The van der Waals surface area contributed by atoms with Crippen LogP contribution < -0.4 is 0 Å². The average Bonchev–Trinajstić information content (AvgIpc) is 2.61. The standard InChI is InChI=1S/C19H28O5/c1-3-4-5-6-7-10-13-23-18(20)16-11-8-9-12-17(16)19(21)24-15-14-22-2/h8-9,11-12H,3-7,10,13-15H2,1-2H3. The van der Waals surface area contributed by atoms with Crippen LogP contribution in [0.1, 0.15) is 66.2 Å². The molecule has 0 amide bonds. The van der Waals surface area contributed by atoms with Gasteiger partial charge in [0.1, 0.15) is 6.61 Å². The minimum atomic E-state index is -0.542. The van der Waals surface area contributed by atoms with Crippen molar-refractivity contribution >= 4 is 11.9 Å². The largest absolute Gasteiger partial charge is 0.462 e. The van der Waals surface area contributed by atoms with E-state index in [0.29, 0.717) is 13.2 Å². The zero-order valence-electron chi connectivity index (χ0n) is 14.7. The number of benzene rings is 1. The van der Waals surface area contributed by atoms with Crippen molar-refractivity contribution in [1.82, 2.24) is 0 Å². The number of hydrogen-bond donors (Lipinski definition) is 0. The predicted octanol–water partition coefficient (Wildman–Crippen LogP) is 4.01. The highest BCUT2D eigenvalue weighted by Crippen LogP contribution is 2.13. The minimum Gasteiger partial charge on any atom is -0.462 e. The van der Waals surface area contributed by atoms with Gasteiger partial charge in [0.05, 0.1) is 24.3 Å². The Morgan fingerprint density at radius 2 is 1.33 bits per heavy atom. The molecule has 0 N–H and O–H groups in total. The van der Waals surface area contributed by atoms with E-state index in [-0.39, 0.29) is 17.7 Å². The summed E-state index contributed by atoms with van der Waals surface area (Å²) in [5, 5.41) is 0. The Bertz CT molecular complexity index is 498. The van der Waals surface area contributed by atoms with Crippen LogP contribution in [-0.4, -0.2) is 38.9 Å². The Morgan fingerprint density at radius 3 is 1.92 bits per heavy atom. The molecule has 0 fully saturated rings. The molecule has 0 bridgehead atoms. The average molecular weight is 336 g/mol. The molecule has 0 aliphatic carbocycles. The number of unbranched alkanes of at least 4 members (excludes halogenated alkanes) is 5. The van der Waals surface area contributed by atoms with Crippen LogP contribution in [0.25, 0.3) is 0 Å². The van der Waals surface area contributed by atoms with Crippen LogP contribution in [0, 0.1) is 0 Å². The minimum absolute atomic E-state index is 0.149. The summed E-state index contributed by atoms with van der Waals surface area (Å²) in [5.41, 5.74) is 0.465. The highest BCUT2D eigenvalue weighted by atomic mass is 16.6. The maximum absolute atomic E-state index is 12.2. The van der Waals surface area contributed by atoms with Crippen molar-refractivity contribution in [3.05, 3.63) is 35.4 Å². The third-order valence-electron chi connectivity index (χ3n) is 3.62. The molecule has 5 nitrogen and oxygen atoms in total. The molecule has 0 spiro atoms. The Hall–Kier alpha value is -1.88. The second-order valence-corrected chi connectivity index (χ2v) is 5.58. The zero-order chi connectivity index (χ0) is 17.6. The SMILES string of the molecule is CCCCCCCCOC(=O)c1ccccc1C(=O)OCCOC. The molecule has 0 aliphatic rings. The molecule has 0 aromatic heterocycles. The van der Waals surface area contributed by atoms with E-state index in [1.165, 1.54) is 26.4 Å². The quantitative estimate of drug-likeness (QED) is 0.426. The van der Waals surface area contributed by atoms with E-state index in [1.54, 1.807) is 24.3 Å². The number of hydrogen-bond acceptors (Lipinski definition) is 5. The van der Waals surface area contributed by atoms with Gasteiger partial charge in [0, 0.05) is 7.11 Å². The van der Waals surface area contributed by atoms with Crippen LogP contribution in [0.15, 0.2) is 24.3 Å². The number of rotatable bonds is 12. The number of methoxy groups -OCH3 is 1. The number of ether oxygens (including phenoxy) is 3. The monoisotopic (exact) mass is 336 g/mol. The van der Waals surface area contributed by atoms with E-state index in [2.05, 4.69) is 6.92 Å². The van der Waals surface area contributed by atoms with Crippen molar-refractivity contribution in [3.63, 3.8) is 0 Å². The smallest absolute Gasteiger partial charge is 0.339 e. The van der Waals surface area contributed by atoms with Gasteiger partial charge in [0.2, 0.25) is 0 Å². The second kappa shape index (κ2) is 12.5. The van der Waals surface area contributed by atoms with Crippen LogP contribution in [0.4, 0.5) is 0 Å². The normalized spacial score (nSPS) is 10.4. The van der Waals surface area contributed by atoms with Crippen molar-refractivity contribution in [2.45, 2.75) is 45.4 Å². The maximum atomic E-state index is 12.2. The van der Waals surface area contributed by atoms with Gasteiger partial charge < -0.3 is 14.2 Å². The fourth-order valence-corrected chi connectivity index (χ4v) is 2.26. The Kier molecular flexibility index (Phi) is 10.5. The van der Waals surface area contributed by atoms with Gasteiger partial charge in [-0.1, -0.05) is 51.2 Å². The summed E-state index contributed by atoms with van der Waals surface area (Å²) in [4.78, 5) is 24.2. The molecule has 0 heterocycles. The van der Waals surface area contributed by atoms with E-state index >= 15 is 0 Å². The first-order valence-corrected chi connectivity index (χ1v) is 8.63. The second-order valence-electron chi connectivity index (χ2n) is 5.58. The van der Waals surface area contributed by atoms with Gasteiger partial charge in [-0.3, -0.25) is 0 Å². The first kappa shape index (κ1) is 20.2.